The first-order valence-corrected chi connectivity index (χ1v) is 8.49. The Bertz CT molecular complexity index is 793. The molecule has 0 bridgehead atoms. The Balaban J connectivity index is 1.78. The maximum atomic E-state index is 11.2. The quantitative estimate of drug-likeness (QED) is 0.933. The highest BCUT2D eigenvalue weighted by Gasteiger charge is 2.35. The van der Waals surface area contributed by atoms with E-state index >= 15 is 0 Å². The van der Waals surface area contributed by atoms with Crippen LogP contribution in [0.1, 0.15) is 42.1 Å². The molecule has 1 aromatic carbocycles. The summed E-state index contributed by atoms with van der Waals surface area (Å²) in [5.74, 6) is 0.500. The van der Waals surface area contributed by atoms with Crippen molar-refractivity contribution in [2.75, 3.05) is 0 Å². The molecule has 0 saturated heterocycles. The SMILES string of the molecule is Cc1ccc(C2=Nn3c(nnc3C3CC3)S[C@@H]2CC(=O)O)cc1. The van der Waals surface area contributed by atoms with Gasteiger partial charge in [-0.2, -0.15) is 9.78 Å². The van der Waals surface area contributed by atoms with E-state index in [1.165, 1.54) is 11.8 Å². The average Bonchev–Trinajstić information content (AvgIpc) is 3.28. The number of carbonyl (C=O) groups is 1. The van der Waals surface area contributed by atoms with Crippen LogP contribution in [0.15, 0.2) is 34.5 Å². The minimum atomic E-state index is -0.835. The summed E-state index contributed by atoms with van der Waals surface area (Å²) in [7, 11) is 0. The largest absolute Gasteiger partial charge is 0.481 e. The maximum absolute atomic E-state index is 11.2. The number of carboxylic acids is 1. The Labute approximate surface area is 137 Å². The van der Waals surface area contributed by atoms with Crippen molar-refractivity contribution in [3.8, 4) is 0 Å². The monoisotopic (exact) mass is 328 g/mol. The molecule has 6 nitrogen and oxygen atoms in total. The zero-order chi connectivity index (χ0) is 16.0. The van der Waals surface area contributed by atoms with Crippen LogP contribution in [0.2, 0.25) is 0 Å². The Morgan fingerprint density at radius 1 is 1.30 bits per heavy atom. The Hall–Kier alpha value is -2.15. The van der Waals surface area contributed by atoms with E-state index in [0.29, 0.717) is 11.1 Å². The molecule has 0 amide bonds. The van der Waals surface area contributed by atoms with Gasteiger partial charge in [-0.05, 0) is 25.3 Å². The van der Waals surface area contributed by atoms with E-state index in [-0.39, 0.29) is 11.7 Å². The lowest BCUT2D eigenvalue weighted by atomic mass is 10.0. The molecule has 23 heavy (non-hydrogen) atoms. The number of rotatable bonds is 4. The van der Waals surface area contributed by atoms with Crippen molar-refractivity contribution >= 4 is 23.4 Å². The van der Waals surface area contributed by atoms with Gasteiger partial charge in [0.15, 0.2) is 5.82 Å². The fourth-order valence-electron chi connectivity index (χ4n) is 2.66. The molecular formula is C16H16N4O2S. The molecule has 7 heteroatoms. The second-order valence-corrected chi connectivity index (χ2v) is 7.15. The zero-order valence-corrected chi connectivity index (χ0v) is 13.5. The summed E-state index contributed by atoms with van der Waals surface area (Å²) in [6, 6.07) is 8.03. The number of aryl methyl sites for hydroxylation is 1. The van der Waals surface area contributed by atoms with Crippen molar-refractivity contribution in [2.24, 2.45) is 5.10 Å². The number of thioether (sulfide) groups is 1. The molecule has 2 aromatic rings. The Kier molecular flexibility index (Phi) is 3.45. The van der Waals surface area contributed by atoms with Crippen molar-refractivity contribution in [1.29, 1.82) is 0 Å². The van der Waals surface area contributed by atoms with Gasteiger partial charge >= 0.3 is 5.97 Å². The molecule has 2 aliphatic rings. The van der Waals surface area contributed by atoms with Gasteiger partial charge in [0, 0.05) is 5.92 Å². The highest BCUT2D eigenvalue weighted by molar-refractivity contribution is 8.00. The summed E-state index contributed by atoms with van der Waals surface area (Å²) in [5.41, 5.74) is 2.90. The minimum Gasteiger partial charge on any atom is -0.481 e. The van der Waals surface area contributed by atoms with E-state index in [1.54, 1.807) is 4.68 Å². The number of carboxylic acid groups (broad SMARTS) is 1. The van der Waals surface area contributed by atoms with Gasteiger partial charge in [0.1, 0.15) is 0 Å². The number of hydrogen-bond acceptors (Lipinski definition) is 5. The second-order valence-electron chi connectivity index (χ2n) is 5.98. The van der Waals surface area contributed by atoms with Crippen LogP contribution in [0.4, 0.5) is 0 Å². The summed E-state index contributed by atoms with van der Waals surface area (Å²) in [4.78, 5) is 11.2. The zero-order valence-electron chi connectivity index (χ0n) is 12.6. The lowest BCUT2D eigenvalue weighted by Crippen LogP contribution is -2.27. The predicted molar refractivity (Wildman–Crippen MR) is 87.0 cm³/mol. The third-order valence-corrected chi connectivity index (χ3v) is 5.19. The molecule has 1 aliphatic heterocycles. The fourth-order valence-corrected chi connectivity index (χ4v) is 3.76. The van der Waals surface area contributed by atoms with Gasteiger partial charge < -0.3 is 5.11 Å². The summed E-state index contributed by atoms with van der Waals surface area (Å²) < 4.78 is 1.80. The Morgan fingerprint density at radius 2 is 2.04 bits per heavy atom. The number of fused-ring (bicyclic) bond motifs is 1. The molecule has 1 aliphatic carbocycles. The third kappa shape index (κ3) is 2.76. The normalized spacial score (nSPS) is 20.0. The molecule has 0 radical (unpaired) electrons. The molecule has 1 fully saturated rings. The van der Waals surface area contributed by atoms with Gasteiger partial charge in [-0.3, -0.25) is 4.79 Å². The van der Waals surface area contributed by atoms with Crippen LogP contribution in [0.5, 0.6) is 0 Å². The molecule has 1 N–H and O–H groups in total. The summed E-state index contributed by atoms with van der Waals surface area (Å²) in [5, 5.41) is 22.8. The molecule has 1 atom stereocenters. The van der Waals surface area contributed by atoms with Crippen LogP contribution < -0.4 is 0 Å². The van der Waals surface area contributed by atoms with Crippen LogP contribution in [-0.4, -0.2) is 36.9 Å². The topological polar surface area (TPSA) is 80.4 Å². The van der Waals surface area contributed by atoms with E-state index < -0.39 is 5.97 Å². The molecule has 1 aromatic heterocycles. The van der Waals surface area contributed by atoms with Crippen LogP contribution in [-0.2, 0) is 4.79 Å². The van der Waals surface area contributed by atoms with Gasteiger partial charge in [0.2, 0.25) is 5.16 Å². The average molecular weight is 328 g/mol. The standard InChI is InChI=1S/C16H16N4O2S/c1-9-2-4-10(5-3-9)14-12(8-13(21)22)23-16-18-17-15(11-6-7-11)20(16)19-14/h2-5,11-12H,6-8H2,1H3,(H,21,22)/t12-/m1/s1. The molecule has 1 saturated carbocycles. The summed E-state index contributed by atoms with van der Waals surface area (Å²) >= 11 is 1.44. The molecule has 0 spiro atoms. The van der Waals surface area contributed by atoms with Crippen LogP contribution in [0, 0.1) is 6.92 Å². The van der Waals surface area contributed by atoms with Crippen molar-refractivity contribution in [3.05, 3.63) is 41.2 Å². The number of hydrogen-bond donors (Lipinski definition) is 1. The fraction of sp³-hybridized carbons (Fsp3) is 0.375. The van der Waals surface area contributed by atoms with Crippen LogP contribution in [0.3, 0.4) is 0 Å². The van der Waals surface area contributed by atoms with Crippen LogP contribution in [0.25, 0.3) is 0 Å². The summed E-state index contributed by atoms with van der Waals surface area (Å²) in [6.07, 6.45) is 2.26. The van der Waals surface area contributed by atoms with E-state index in [1.807, 2.05) is 31.2 Å². The molecular weight excluding hydrogens is 312 g/mol. The van der Waals surface area contributed by atoms with Crippen LogP contribution >= 0.6 is 11.8 Å². The first-order chi connectivity index (χ1) is 11.1. The van der Waals surface area contributed by atoms with Gasteiger partial charge in [0.25, 0.3) is 0 Å². The number of aromatic nitrogens is 3. The minimum absolute atomic E-state index is 0.0169. The van der Waals surface area contributed by atoms with Crippen molar-refractivity contribution < 1.29 is 9.90 Å². The van der Waals surface area contributed by atoms with Gasteiger partial charge in [0.05, 0.1) is 17.4 Å². The lowest BCUT2D eigenvalue weighted by Gasteiger charge is -2.22. The highest BCUT2D eigenvalue weighted by atomic mass is 32.2. The molecule has 0 unspecified atom stereocenters. The van der Waals surface area contributed by atoms with Gasteiger partial charge in [-0.1, -0.05) is 41.6 Å². The van der Waals surface area contributed by atoms with Crippen molar-refractivity contribution in [2.45, 2.75) is 42.5 Å². The lowest BCUT2D eigenvalue weighted by molar-refractivity contribution is -0.136. The van der Waals surface area contributed by atoms with E-state index in [9.17, 15) is 9.90 Å². The summed E-state index contributed by atoms with van der Waals surface area (Å²) in [6.45, 7) is 2.03. The number of aliphatic carboxylic acids is 1. The molecule has 118 valence electrons. The molecule has 4 rings (SSSR count). The van der Waals surface area contributed by atoms with E-state index in [2.05, 4.69) is 10.2 Å². The predicted octanol–water partition coefficient (Wildman–Crippen LogP) is 2.67. The Morgan fingerprint density at radius 3 is 2.70 bits per heavy atom. The maximum Gasteiger partial charge on any atom is 0.304 e. The smallest absolute Gasteiger partial charge is 0.304 e. The number of nitrogens with zero attached hydrogens (tertiary/aromatic N) is 4. The third-order valence-electron chi connectivity index (χ3n) is 4.05. The van der Waals surface area contributed by atoms with Crippen molar-refractivity contribution in [1.82, 2.24) is 14.9 Å². The van der Waals surface area contributed by atoms with E-state index in [4.69, 9.17) is 5.10 Å². The van der Waals surface area contributed by atoms with Gasteiger partial charge in [-0.25, -0.2) is 0 Å². The molecule has 2 heterocycles. The van der Waals surface area contributed by atoms with Gasteiger partial charge in [-0.15, -0.1) is 10.2 Å². The highest BCUT2D eigenvalue weighted by Crippen LogP contribution is 2.42. The van der Waals surface area contributed by atoms with Crippen molar-refractivity contribution in [3.63, 3.8) is 0 Å². The first kappa shape index (κ1) is 14.4. The second kappa shape index (κ2) is 5.49. The van der Waals surface area contributed by atoms with E-state index in [0.717, 1.165) is 35.5 Å². The number of benzene rings is 1. The first-order valence-electron chi connectivity index (χ1n) is 7.61.